The third-order valence-corrected chi connectivity index (χ3v) is 2.50. The highest BCUT2D eigenvalue weighted by Gasteiger charge is 2.20. The molecule has 1 unspecified atom stereocenters. The molecule has 0 spiro atoms. The molecule has 1 atom stereocenters. The highest BCUT2D eigenvalue weighted by atomic mass is 19.3. The average molecular weight is 258 g/mol. The van der Waals surface area contributed by atoms with Gasteiger partial charge in [-0.2, -0.15) is 0 Å². The molecule has 0 fully saturated rings. The van der Waals surface area contributed by atoms with Crippen molar-refractivity contribution in [1.82, 2.24) is 4.90 Å². The number of aromatic hydroxyl groups is 1. The van der Waals surface area contributed by atoms with E-state index in [-0.39, 0.29) is 12.2 Å². The molecule has 0 bridgehead atoms. The smallest absolute Gasteiger partial charge is 0.255 e. The summed E-state index contributed by atoms with van der Waals surface area (Å²) < 4.78 is 24.2. The molecular weight excluding hydrogens is 242 g/mol. The number of likely N-dealkylation sites (N-methyl/N-ethyl adjacent to an activating group) is 1. The second-order valence-electron chi connectivity index (χ2n) is 4.09. The zero-order chi connectivity index (χ0) is 13.7. The number of hydrogen-bond acceptors (Lipinski definition) is 3. The molecule has 18 heavy (non-hydrogen) atoms. The number of nitrogens with zero attached hydrogens (tertiary/aromatic N) is 1. The van der Waals surface area contributed by atoms with Crippen LogP contribution in [0.1, 0.15) is 5.56 Å². The monoisotopic (exact) mass is 258 g/mol. The second-order valence-corrected chi connectivity index (χ2v) is 4.09. The molecule has 0 aliphatic heterocycles. The van der Waals surface area contributed by atoms with E-state index in [1.165, 1.54) is 19.2 Å². The minimum Gasteiger partial charge on any atom is -0.508 e. The number of alkyl halides is 2. The standard InChI is InChI=1S/C12H16F2N2O2/c1-16(7-11(13)14)12(18)10(15)6-8-2-4-9(17)5-3-8/h2-5,10-11,17H,6-7,15H2,1H3. The summed E-state index contributed by atoms with van der Waals surface area (Å²) in [7, 11) is 1.30. The van der Waals surface area contributed by atoms with Crippen molar-refractivity contribution in [2.24, 2.45) is 5.73 Å². The van der Waals surface area contributed by atoms with Gasteiger partial charge in [-0.25, -0.2) is 8.78 Å². The van der Waals surface area contributed by atoms with Crippen LogP contribution in [0.3, 0.4) is 0 Å². The third-order valence-electron chi connectivity index (χ3n) is 2.50. The Bertz CT molecular complexity index is 396. The molecule has 0 saturated heterocycles. The SMILES string of the molecule is CN(CC(F)F)C(=O)C(N)Cc1ccc(O)cc1. The summed E-state index contributed by atoms with van der Waals surface area (Å²) in [6, 6.07) is 5.37. The Morgan fingerprint density at radius 1 is 1.39 bits per heavy atom. The number of phenols is 1. The van der Waals surface area contributed by atoms with Gasteiger partial charge in [0, 0.05) is 7.05 Å². The fourth-order valence-electron chi connectivity index (χ4n) is 1.55. The van der Waals surface area contributed by atoms with E-state index in [4.69, 9.17) is 10.8 Å². The maximum Gasteiger partial charge on any atom is 0.255 e. The van der Waals surface area contributed by atoms with Crippen LogP contribution in [0.15, 0.2) is 24.3 Å². The number of benzene rings is 1. The van der Waals surface area contributed by atoms with Gasteiger partial charge in [-0.1, -0.05) is 12.1 Å². The van der Waals surface area contributed by atoms with Crippen LogP contribution in [0.2, 0.25) is 0 Å². The number of amides is 1. The van der Waals surface area contributed by atoms with E-state index >= 15 is 0 Å². The van der Waals surface area contributed by atoms with E-state index in [1.54, 1.807) is 12.1 Å². The molecule has 6 heteroatoms. The Kier molecular flexibility index (Phi) is 5.03. The van der Waals surface area contributed by atoms with E-state index in [9.17, 15) is 13.6 Å². The van der Waals surface area contributed by atoms with Gasteiger partial charge in [0.25, 0.3) is 6.43 Å². The van der Waals surface area contributed by atoms with E-state index < -0.39 is 24.9 Å². The molecule has 0 radical (unpaired) electrons. The summed E-state index contributed by atoms with van der Waals surface area (Å²) in [6.07, 6.45) is -2.33. The lowest BCUT2D eigenvalue weighted by atomic mass is 10.1. The zero-order valence-corrected chi connectivity index (χ0v) is 10.0. The molecule has 0 aliphatic carbocycles. The first-order valence-corrected chi connectivity index (χ1v) is 5.46. The Hall–Kier alpha value is -1.69. The van der Waals surface area contributed by atoms with Crippen molar-refractivity contribution in [3.8, 4) is 5.75 Å². The van der Waals surface area contributed by atoms with Crippen LogP contribution in [0.25, 0.3) is 0 Å². The summed E-state index contributed by atoms with van der Waals surface area (Å²) in [4.78, 5) is 12.6. The van der Waals surface area contributed by atoms with Crippen LogP contribution in [0, 0.1) is 0 Å². The van der Waals surface area contributed by atoms with Gasteiger partial charge in [0.05, 0.1) is 12.6 Å². The molecule has 0 aromatic heterocycles. The number of hydrogen-bond donors (Lipinski definition) is 2. The number of carbonyl (C=O) groups excluding carboxylic acids is 1. The fraction of sp³-hybridized carbons (Fsp3) is 0.417. The number of halogens is 2. The Balaban J connectivity index is 2.56. The first-order chi connectivity index (χ1) is 8.40. The minimum absolute atomic E-state index is 0.119. The van der Waals surface area contributed by atoms with Gasteiger partial charge in [-0.3, -0.25) is 4.79 Å². The van der Waals surface area contributed by atoms with Gasteiger partial charge in [0.2, 0.25) is 5.91 Å². The van der Waals surface area contributed by atoms with E-state index in [0.717, 1.165) is 10.5 Å². The maximum absolute atomic E-state index is 12.1. The van der Waals surface area contributed by atoms with Crippen molar-refractivity contribution in [3.63, 3.8) is 0 Å². The van der Waals surface area contributed by atoms with Gasteiger partial charge in [0.15, 0.2) is 0 Å². The zero-order valence-electron chi connectivity index (χ0n) is 10.0. The highest BCUT2D eigenvalue weighted by molar-refractivity contribution is 5.81. The summed E-state index contributed by atoms with van der Waals surface area (Å²) >= 11 is 0. The number of carbonyl (C=O) groups is 1. The van der Waals surface area contributed by atoms with Crippen molar-refractivity contribution in [3.05, 3.63) is 29.8 Å². The molecular formula is C12H16F2N2O2. The molecule has 1 aromatic carbocycles. The number of rotatable bonds is 5. The van der Waals surface area contributed by atoms with E-state index in [0.29, 0.717) is 0 Å². The van der Waals surface area contributed by atoms with E-state index in [1.807, 2.05) is 0 Å². The summed E-state index contributed by atoms with van der Waals surface area (Å²) in [6.45, 7) is -0.623. The number of phenolic OH excluding ortho intramolecular Hbond substituents is 1. The summed E-state index contributed by atoms with van der Waals surface area (Å²) in [5, 5.41) is 9.10. The fourth-order valence-corrected chi connectivity index (χ4v) is 1.55. The minimum atomic E-state index is -2.57. The largest absolute Gasteiger partial charge is 0.508 e. The predicted molar refractivity (Wildman–Crippen MR) is 63.4 cm³/mol. The molecule has 1 rings (SSSR count). The van der Waals surface area contributed by atoms with Crippen LogP contribution in [0.4, 0.5) is 8.78 Å². The van der Waals surface area contributed by atoms with Gasteiger partial charge in [0.1, 0.15) is 5.75 Å². The van der Waals surface area contributed by atoms with Crippen molar-refractivity contribution < 1.29 is 18.7 Å². The van der Waals surface area contributed by atoms with E-state index in [2.05, 4.69) is 0 Å². The first kappa shape index (κ1) is 14.4. The Morgan fingerprint density at radius 3 is 2.44 bits per heavy atom. The lowest BCUT2D eigenvalue weighted by molar-refractivity contribution is -0.132. The second kappa shape index (κ2) is 6.30. The molecule has 100 valence electrons. The van der Waals surface area contributed by atoms with Crippen molar-refractivity contribution in [2.45, 2.75) is 18.9 Å². The van der Waals surface area contributed by atoms with Crippen LogP contribution >= 0.6 is 0 Å². The van der Waals surface area contributed by atoms with Crippen LogP contribution < -0.4 is 5.73 Å². The van der Waals surface area contributed by atoms with Crippen LogP contribution in [-0.2, 0) is 11.2 Å². The van der Waals surface area contributed by atoms with Gasteiger partial charge >= 0.3 is 0 Å². The first-order valence-electron chi connectivity index (χ1n) is 5.46. The number of nitrogens with two attached hydrogens (primary N) is 1. The summed E-state index contributed by atoms with van der Waals surface area (Å²) in [5.41, 5.74) is 6.43. The average Bonchev–Trinajstić information content (AvgIpc) is 2.30. The maximum atomic E-state index is 12.1. The normalized spacial score (nSPS) is 12.5. The van der Waals surface area contributed by atoms with Gasteiger partial charge < -0.3 is 15.7 Å². The molecule has 1 amide bonds. The quantitative estimate of drug-likeness (QED) is 0.827. The van der Waals surface area contributed by atoms with Gasteiger partial charge in [-0.05, 0) is 24.1 Å². The van der Waals surface area contributed by atoms with Crippen molar-refractivity contribution in [1.29, 1.82) is 0 Å². The molecule has 0 saturated carbocycles. The third kappa shape index (κ3) is 4.29. The molecule has 0 heterocycles. The van der Waals surface area contributed by atoms with Crippen LogP contribution in [0.5, 0.6) is 5.75 Å². The molecule has 0 aliphatic rings. The van der Waals surface area contributed by atoms with Gasteiger partial charge in [-0.15, -0.1) is 0 Å². The Labute approximate surface area is 104 Å². The lowest BCUT2D eigenvalue weighted by Gasteiger charge is -2.20. The topological polar surface area (TPSA) is 66.6 Å². The predicted octanol–water partition coefficient (Wildman–Crippen LogP) is 0.985. The Morgan fingerprint density at radius 2 is 1.94 bits per heavy atom. The molecule has 1 aromatic rings. The summed E-state index contributed by atoms with van der Waals surface area (Å²) in [5.74, 6) is -0.406. The lowest BCUT2D eigenvalue weighted by Crippen LogP contribution is -2.44. The van der Waals surface area contributed by atoms with Crippen LogP contribution in [-0.4, -0.2) is 42.0 Å². The van der Waals surface area contributed by atoms with Crippen molar-refractivity contribution in [2.75, 3.05) is 13.6 Å². The molecule has 3 N–H and O–H groups in total. The highest BCUT2D eigenvalue weighted by Crippen LogP contribution is 2.11. The molecule has 4 nitrogen and oxygen atoms in total. The van der Waals surface area contributed by atoms with Crippen molar-refractivity contribution >= 4 is 5.91 Å².